The van der Waals surface area contributed by atoms with Crippen molar-refractivity contribution in [2.45, 2.75) is 29.9 Å². The summed E-state index contributed by atoms with van der Waals surface area (Å²) in [5.74, 6) is -0.407. The van der Waals surface area contributed by atoms with Gasteiger partial charge in [-0.15, -0.1) is 5.10 Å². The van der Waals surface area contributed by atoms with E-state index in [0.717, 1.165) is 12.1 Å². The number of thioether (sulfide) groups is 1. The second kappa shape index (κ2) is 8.53. The van der Waals surface area contributed by atoms with Crippen molar-refractivity contribution in [2.24, 2.45) is 0 Å². The number of halogens is 1. The average Bonchev–Trinajstić information content (AvgIpc) is 3.15. The van der Waals surface area contributed by atoms with Gasteiger partial charge in [0.25, 0.3) is 0 Å². The standard InChI is InChI=1S/C16H21FN6O3S2/c1-12(2)23-16(18-19-20-23)27-11-15(24)21-7-9-22(10-8-21)28(25,26)14-5-3-13(17)4-6-14/h3-6,12H,7-11H2,1-2H3. The zero-order valence-electron chi connectivity index (χ0n) is 15.5. The van der Waals surface area contributed by atoms with Crippen LogP contribution in [-0.4, -0.2) is 75.7 Å². The maximum atomic E-state index is 13.0. The van der Waals surface area contributed by atoms with Crippen molar-refractivity contribution in [1.82, 2.24) is 29.4 Å². The molecule has 2 aromatic rings. The van der Waals surface area contributed by atoms with Gasteiger partial charge in [-0.2, -0.15) is 4.31 Å². The van der Waals surface area contributed by atoms with E-state index in [4.69, 9.17) is 0 Å². The smallest absolute Gasteiger partial charge is 0.243 e. The largest absolute Gasteiger partial charge is 0.339 e. The molecule has 0 saturated carbocycles. The van der Waals surface area contributed by atoms with Gasteiger partial charge in [-0.3, -0.25) is 4.79 Å². The number of nitrogens with zero attached hydrogens (tertiary/aromatic N) is 6. The lowest BCUT2D eigenvalue weighted by atomic mass is 10.3. The Labute approximate surface area is 166 Å². The normalized spacial score (nSPS) is 15.9. The van der Waals surface area contributed by atoms with Crippen molar-refractivity contribution < 1.29 is 17.6 Å². The maximum Gasteiger partial charge on any atom is 0.243 e. The molecule has 1 aliphatic rings. The van der Waals surface area contributed by atoms with Crippen LogP contribution in [0.1, 0.15) is 19.9 Å². The fourth-order valence-corrected chi connectivity index (χ4v) is 5.09. The minimum atomic E-state index is -3.70. The Kier molecular flexibility index (Phi) is 6.30. The minimum Gasteiger partial charge on any atom is -0.339 e. The van der Waals surface area contributed by atoms with E-state index in [0.29, 0.717) is 18.2 Å². The number of sulfonamides is 1. The molecule has 2 heterocycles. The first-order chi connectivity index (χ1) is 13.3. The molecule has 1 saturated heterocycles. The SMILES string of the molecule is CC(C)n1nnnc1SCC(=O)N1CCN(S(=O)(=O)c2ccc(F)cc2)CC1. The van der Waals surface area contributed by atoms with E-state index < -0.39 is 15.8 Å². The first-order valence-corrected chi connectivity index (χ1v) is 11.2. The number of hydrogen-bond donors (Lipinski definition) is 0. The van der Waals surface area contributed by atoms with Crippen LogP contribution in [0.15, 0.2) is 34.3 Å². The molecule has 0 radical (unpaired) electrons. The molecule has 28 heavy (non-hydrogen) atoms. The summed E-state index contributed by atoms with van der Waals surface area (Å²) in [6, 6.07) is 4.83. The number of amides is 1. The first kappa shape index (κ1) is 20.7. The van der Waals surface area contributed by atoms with Gasteiger partial charge >= 0.3 is 0 Å². The van der Waals surface area contributed by atoms with Gasteiger partial charge in [-0.25, -0.2) is 17.5 Å². The summed E-state index contributed by atoms with van der Waals surface area (Å²) >= 11 is 1.26. The highest BCUT2D eigenvalue weighted by Crippen LogP contribution is 2.20. The summed E-state index contributed by atoms with van der Waals surface area (Å²) in [6.45, 7) is 4.88. The van der Waals surface area contributed by atoms with Crippen LogP contribution in [0.5, 0.6) is 0 Å². The van der Waals surface area contributed by atoms with Gasteiger partial charge in [0.2, 0.25) is 21.1 Å². The molecular formula is C16H21FN6O3S2. The van der Waals surface area contributed by atoms with E-state index in [9.17, 15) is 17.6 Å². The molecule has 0 spiro atoms. The Morgan fingerprint density at radius 2 is 1.82 bits per heavy atom. The van der Waals surface area contributed by atoms with E-state index in [1.54, 1.807) is 9.58 Å². The van der Waals surface area contributed by atoms with Crippen molar-refractivity contribution in [2.75, 3.05) is 31.9 Å². The third kappa shape index (κ3) is 4.50. The molecule has 1 fully saturated rings. The van der Waals surface area contributed by atoms with Crippen LogP contribution in [0.2, 0.25) is 0 Å². The molecule has 0 bridgehead atoms. The molecular weight excluding hydrogens is 407 g/mol. The van der Waals surface area contributed by atoms with Crippen LogP contribution in [-0.2, 0) is 14.8 Å². The Hall–Kier alpha value is -2.05. The topological polar surface area (TPSA) is 101 Å². The van der Waals surface area contributed by atoms with E-state index in [-0.39, 0.29) is 35.7 Å². The number of hydrogen-bond acceptors (Lipinski definition) is 7. The van der Waals surface area contributed by atoms with E-state index in [1.165, 1.54) is 28.2 Å². The average molecular weight is 429 g/mol. The van der Waals surface area contributed by atoms with E-state index in [1.807, 2.05) is 13.8 Å². The molecule has 9 nitrogen and oxygen atoms in total. The highest BCUT2D eigenvalue weighted by molar-refractivity contribution is 7.99. The quantitative estimate of drug-likeness (QED) is 0.633. The molecule has 0 atom stereocenters. The lowest BCUT2D eigenvalue weighted by Crippen LogP contribution is -2.51. The van der Waals surface area contributed by atoms with Crippen LogP contribution in [0.3, 0.4) is 0 Å². The molecule has 12 heteroatoms. The number of piperazine rings is 1. The minimum absolute atomic E-state index is 0.0461. The van der Waals surface area contributed by atoms with Crippen molar-refractivity contribution >= 4 is 27.7 Å². The summed E-state index contributed by atoms with van der Waals surface area (Å²) < 4.78 is 41.2. The molecule has 1 aromatic carbocycles. The second-order valence-corrected chi connectivity index (χ2v) is 9.41. The zero-order chi connectivity index (χ0) is 20.3. The molecule has 0 N–H and O–H groups in total. The van der Waals surface area contributed by atoms with Crippen LogP contribution >= 0.6 is 11.8 Å². The van der Waals surface area contributed by atoms with E-state index >= 15 is 0 Å². The van der Waals surface area contributed by atoms with Gasteiger partial charge in [0.05, 0.1) is 16.7 Å². The summed E-state index contributed by atoms with van der Waals surface area (Å²) in [4.78, 5) is 14.1. The Morgan fingerprint density at radius 3 is 2.43 bits per heavy atom. The highest BCUT2D eigenvalue weighted by Gasteiger charge is 2.30. The predicted octanol–water partition coefficient (Wildman–Crippen LogP) is 1.02. The summed E-state index contributed by atoms with van der Waals surface area (Å²) in [5, 5.41) is 12.0. The summed E-state index contributed by atoms with van der Waals surface area (Å²) in [7, 11) is -3.70. The highest BCUT2D eigenvalue weighted by atomic mass is 32.2. The van der Waals surface area contributed by atoms with Crippen LogP contribution < -0.4 is 0 Å². The number of carbonyl (C=O) groups is 1. The number of tetrazole rings is 1. The number of carbonyl (C=O) groups excluding carboxylic acids is 1. The summed E-state index contributed by atoms with van der Waals surface area (Å²) in [6.07, 6.45) is 0. The molecule has 0 unspecified atom stereocenters. The maximum absolute atomic E-state index is 13.0. The fraction of sp³-hybridized carbons (Fsp3) is 0.500. The van der Waals surface area contributed by atoms with Gasteiger partial charge < -0.3 is 4.90 Å². The van der Waals surface area contributed by atoms with Crippen molar-refractivity contribution in [3.8, 4) is 0 Å². The Bertz CT molecular complexity index is 924. The third-order valence-corrected chi connectivity index (χ3v) is 7.15. The third-order valence-electron chi connectivity index (χ3n) is 4.32. The molecule has 1 aliphatic heterocycles. The molecule has 1 aromatic heterocycles. The summed E-state index contributed by atoms with van der Waals surface area (Å²) in [5.41, 5.74) is 0. The fourth-order valence-electron chi connectivity index (χ4n) is 2.76. The molecule has 152 valence electrons. The van der Waals surface area contributed by atoms with Crippen LogP contribution in [0, 0.1) is 5.82 Å². The van der Waals surface area contributed by atoms with Crippen molar-refractivity contribution in [3.05, 3.63) is 30.1 Å². The second-order valence-electron chi connectivity index (χ2n) is 6.53. The Balaban J connectivity index is 1.55. The molecule has 3 rings (SSSR count). The van der Waals surface area contributed by atoms with Gasteiger partial charge in [0.15, 0.2) is 0 Å². The van der Waals surface area contributed by atoms with Gasteiger partial charge in [-0.05, 0) is 48.5 Å². The molecule has 0 aliphatic carbocycles. The monoisotopic (exact) mass is 428 g/mol. The lowest BCUT2D eigenvalue weighted by molar-refractivity contribution is -0.129. The van der Waals surface area contributed by atoms with Crippen molar-refractivity contribution in [3.63, 3.8) is 0 Å². The van der Waals surface area contributed by atoms with Crippen LogP contribution in [0.25, 0.3) is 0 Å². The number of benzene rings is 1. The van der Waals surface area contributed by atoms with E-state index in [2.05, 4.69) is 15.5 Å². The van der Waals surface area contributed by atoms with Gasteiger partial charge in [-0.1, -0.05) is 11.8 Å². The first-order valence-electron chi connectivity index (χ1n) is 8.73. The van der Waals surface area contributed by atoms with Gasteiger partial charge in [0, 0.05) is 26.2 Å². The Morgan fingerprint density at radius 1 is 1.18 bits per heavy atom. The number of rotatable bonds is 6. The number of aromatic nitrogens is 4. The predicted molar refractivity (Wildman–Crippen MR) is 101 cm³/mol. The lowest BCUT2D eigenvalue weighted by Gasteiger charge is -2.34. The van der Waals surface area contributed by atoms with Crippen LogP contribution in [0.4, 0.5) is 4.39 Å². The van der Waals surface area contributed by atoms with Crippen molar-refractivity contribution in [1.29, 1.82) is 0 Å². The zero-order valence-corrected chi connectivity index (χ0v) is 17.2. The molecule has 1 amide bonds. The van der Waals surface area contributed by atoms with Gasteiger partial charge in [0.1, 0.15) is 5.82 Å².